The van der Waals surface area contributed by atoms with Crippen LogP contribution < -0.4 is 15.5 Å². The molecule has 0 fully saturated rings. The number of carbonyl (C=O) groups is 1. The molecule has 2 N–H and O–H groups in total. The molecule has 0 radical (unpaired) electrons. The maximum absolute atomic E-state index is 13.1. The summed E-state index contributed by atoms with van der Waals surface area (Å²) in [6, 6.07) is 7.55. The molecule has 0 spiro atoms. The van der Waals surface area contributed by atoms with Gasteiger partial charge in [0.25, 0.3) is 5.91 Å². The van der Waals surface area contributed by atoms with Crippen molar-refractivity contribution in [3.05, 3.63) is 53.7 Å². The Morgan fingerprint density at radius 3 is 2.51 bits per heavy atom. The van der Waals surface area contributed by atoms with Gasteiger partial charge in [-0.2, -0.15) is 5.10 Å². The number of hydrogen-bond acceptors (Lipinski definition) is 9. The van der Waals surface area contributed by atoms with Crippen molar-refractivity contribution in [2.45, 2.75) is 39.5 Å². The normalized spacial score (nSPS) is 11.7. The zero-order chi connectivity index (χ0) is 28.3. The molecule has 11 heteroatoms. The van der Waals surface area contributed by atoms with Crippen molar-refractivity contribution in [3.63, 3.8) is 0 Å². The molecule has 0 saturated heterocycles. The first kappa shape index (κ1) is 27.9. The van der Waals surface area contributed by atoms with Crippen LogP contribution in [0, 0.1) is 6.92 Å². The number of nitrogens with one attached hydrogen (secondary N) is 2. The minimum atomic E-state index is -0.225. The molecule has 0 saturated carbocycles. The average molecular weight is 531 g/mol. The van der Waals surface area contributed by atoms with Crippen molar-refractivity contribution in [3.8, 4) is 0 Å². The molecule has 0 aliphatic heterocycles. The van der Waals surface area contributed by atoms with Crippen LogP contribution in [0.1, 0.15) is 48.9 Å². The van der Waals surface area contributed by atoms with Gasteiger partial charge in [0.15, 0.2) is 5.82 Å². The van der Waals surface area contributed by atoms with Gasteiger partial charge in [0.1, 0.15) is 23.1 Å². The number of anilines is 4. The van der Waals surface area contributed by atoms with Crippen molar-refractivity contribution < 1.29 is 4.79 Å². The second kappa shape index (κ2) is 11.3. The fraction of sp³-hybridized carbons (Fsp3) is 0.429. The van der Waals surface area contributed by atoms with Crippen molar-refractivity contribution >= 4 is 40.1 Å². The van der Waals surface area contributed by atoms with E-state index in [-0.39, 0.29) is 11.3 Å². The fourth-order valence-corrected chi connectivity index (χ4v) is 4.05. The molecule has 206 valence electrons. The van der Waals surface area contributed by atoms with Crippen molar-refractivity contribution in [1.29, 1.82) is 0 Å². The SMILES string of the molecule is Cc1ccc(NC(=O)c2cc(C(C)(C)C)nn2C)cc1Nc1ncnc2cnc(N(C)CCCN(C)C)nc12. The molecule has 39 heavy (non-hydrogen) atoms. The van der Waals surface area contributed by atoms with Gasteiger partial charge in [0.2, 0.25) is 5.95 Å². The summed E-state index contributed by atoms with van der Waals surface area (Å²) in [7, 11) is 7.89. The first-order valence-corrected chi connectivity index (χ1v) is 13.0. The van der Waals surface area contributed by atoms with Crippen LogP contribution in [0.4, 0.5) is 23.1 Å². The molecule has 1 aromatic carbocycles. The van der Waals surface area contributed by atoms with Gasteiger partial charge in [0, 0.05) is 37.4 Å². The summed E-state index contributed by atoms with van der Waals surface area (Å²) in [5.74, 6) is 0.957. The lowest BCUT2D eigenvalue weighted by molar-refractivity contribution is 0.101. The van der Waals surface area contributed by atoms with E-state index in [1.54, 1.807) is 17.9 Å². The maximum Gasteiger partial charge on any atom is 0.273 e. The number of nitrogens with zero attached hydrogens (tertiary/aromatic N) is 8. The lowest BCUT2D eigenvalue weighted by atomic mass is 9.92. The molecule has 3 aromatic heterocycles. The van der Waals surface area contributed by atoms with Gasteiger partial charge in [-0.15, -0.1) is 0 Å². The van der Waals surface area contributed by atoms with E-state index in [0.29, 0.717) is 34.2 Å². The minimum Gasteiger partial charge on any atom is -0.344 e. The number of aromatic nitrogens is 6. The third-order valence-corrected chi connectivity index (χ3v) is 6.43. The monoisotopic (exact) mass is 530 g/mol. The van der Waals surface area contributed by atoms with Crippen LogP contribution in [0.2, 0.25) is 0 Å². The highest BCUT2D eigenvalue weighted by Crippen LogP contribution is 2.28. The predicted octanol–water partition coefficient (Wildman–Crippen LogP) is 4.14. The van der Waals surface area contributed by atoms with Crippen molar-refractivity contribution in [1.82, 2.24) is 34.6 Å². The fourth-order valence-electron chi connectivity index (χ4n) is 4.05. The molecule has 4 aromatic rings. The Hall–Kier alpha value is -4.12. The summed E-state index contributed by atoms with van der Waals surface area (Å²) in [6.07, 6.45) is 4.20. The standard InChI is InChI=1S/C28H38N10O/c1-18-10-11-19(32-26(39)22-15-23(28(2,3)4)35-38(22)8)14-20(18)33-25-24-21(30-17-31-25)16-29-27(34-24)37(7)13-9-12-36(5)6/h10-11,14-17H,9,12-13H2,1-8H3,(H,32,39)(H,30,31,33). The first-order valence-electron chi connectivity index (χ1n) is 13.0. The molecule has 1 amide bonds. The van der Waals surface area contributed by atoms with Crippen LogP contribution in [0.5, 0.6) is 0 Å². The highest BCUT2D eigenvalue weighted by molar-refractivity contribution is 6.03. The Morgan fingerprint density at radius 1 is 1.05 bits per heavy atom. The van der Waals surface area contributed by atoms with E-state index in [4.69, 9.17) is 4.98 Å². The summed E-state index contributed by atoms with van der Waals surface area (Å²) in [6.45, 7) is 10.0. The highest BCUT2D eigenvalue weighted by Gasteiger charge is 2.22. The van der Waals surface area contributed by atoms with E-state index in [0.717, 1.165) is 36.5 Å². The van der Waals surface area contributed by atoms with Gasteiger partial charge in [-0.1, -0.05) is 26.8 Å². The van der Waals surface area contributed by atoms with Crippen LogP contribution >= 0.6 is 0 Å². The van der Waals surface area contributed by atoms with E-state index < -0.39 is 0 Å². The van der Waals surface area contributed by atoms with Gasteiger partial charge < -0.3 is 20.4 Å². The number of fused-ring (bicyclic) bond motifs is 1. The van der Waals surface area contributed by atoms with E-state index in [9.17, 15) is 4.79 Å². The molecule has 11 nitrogen and oxygen atoms in total. The van der Waals surface area contributed by atoms with Crippen molar-refractivity contribution in [2.24, 2.45) is 7.05 Å². The zero-order valence-electron chi connectivity index (χ0n) is 24.1. The van der Waals surface area contributed by atoms with Crippen LogP contribution in [-0.2, 0) is 12.5 Å². The Balaban J connectivity index is 1.56. The van der Waals surface area contributed by atoms with Gasteiger partial charge in [-0.3, -0.25) is 9.48 Å². The second-order valence-corrected chi connectivity index (χ2v) is 11.1. The van der Waals surface area contributed by atoms with E-state index in [1.165, 1.54) is 6.33 Å². The van der Waals surface area contributed by atoms with Gasteiger partial charge in [-0.05, 0) is 57.7 Å². The number of aryl methyl sites for hydroxylation is 2. The predicted molar refractivity (Wildman–Crippen MR) is 156 cm³/mol. The van der Waals surface area contributed by atoms with Crippen LogP contribution in [0.25, 0.3) is 11.0 Å². The summed E-state index contributed by atoms with van der Waals surface area (Å²) in [4.78, 5) is 35.4. The largest absolute Gasteiger partial charge is 0.344 e. The van der Waals surface area contributed by atoms with E-state index >= 15 is 0 Å². The number of amides is 1. The Morgan fingerprint density at radius 2 is 1.82 bits per heavy atom. The summed E-state index contributed by atoms with van der Waals surface area (Å²) >= 11 is 0. The Kier molecular flexibility index (Phi) is 8.10. The maximum atomic E-state index is 13.1. The molecule has 0 atom stereocenters. The van der Waals surface area contributed by atoms with E-state index in [1.807, 2.05) is 43.1 Å². The molecule has 4 rings (SSSR count). The number of carbonyl (C=O) groups excluding carboxylic acids is 1. The molecule has 0 bridgehead atoms. The Labute approximate surface area is 229 Å². The van der Waals surface area contributed by atoms with Crippen LogP contribution in [0.3, 0.4) is 0 Å². The molecule has 0 unspecified atom stereocenters. The third-order valence-electron chi connectivity index (χ3n) is 6.43. The summed E-state index contributed by atoms with van der Waals surface area (Å²) in [5, 5.41) is 10.9. The summed E-state index contributed by atoms with van der Waals surface area (Å²) < 4.78 is 1.62. The lowest BCUT2D eigenvalue weighted by Gasteiger charge is -2.19. The molecule has 0 aliphatic carbocycles. The molecular formula is C28H38N10O. The topological polar surface area (TPSA) is 117 Å². The highest BCUT2D eigenvalue weighted by atomic mass is 16.2. The number of hydrogen-bond donors (Lipinski definition) is 2. The van der Waals surface area contributed by atoms with Crippen LogP contribution in [0.15, 0.2) is 36.8 Å². The molecule has 0 aliphatic rings. The smallest absolute Gasteiger partial charge is 0.273 e. The second-order valence-electron chi connectivity index (χ2n) is 11.1. The van der Waals surface area contributed by atoms with Gasteiger partial charge in [0.05, 0.1) is 11.9 Å². The van der Waals surface area contributed by atoms with Crippen LogP contribution in [-0.4, -0.2) is 74.8 Å². The van der Waals surface area contributed by atoms with Gasteiger partial charge in [-0.25, -0.2) is 19.9 Å². The minimum absolute atomic E-state index is 0.151. The average Bonchev–Trinajstić information content (AvgIpc) is 3.28. The Bertz CT molecular complexity index is 1470. The quantitative estimate of drug-likeness (QED) is 0.329. The molecular weight excluding hydrogens is 492 g/mol. The summed E-state index contributed by atoms with van der Waals surface area (Å²) in [5.41, 5.74) is 4.92. The number of rotatable bonds is 9. The van der Waals surface area contributed by atoms with E-state index in [2.05, 4.69) is 70.5 Å². The zero-order valence-corrected chi connectivity index (χ0v) is 24.1. The van der Waals surface area contributed by atoms with Crippen molar-refractivity contribution in [2.75, 3.05) is 49.8 Å². The molecule has 3 heterocycles. The first-order chi connectivity index (χ1) is 18.4. The van der Waals surface area contributed by atoms with Gasteiger partial charge >= 0.3 is 0 Å². The third kappa shape index (κ3) is 6.66. The lowest BCUT2D eigenvalue weighted by Crippen LogP contribution is -2.24. The number of benzene rings is 1.